The topological polar surface area (TPSA) is 95.5 Å². The first-order valence-electron chi connectivity index (χ1n) is 11.4. The van der Waals surface area contributed by atoms with Gasteiger partial charge in [-0.05, 0) is 30.5 Å². The molecule has 7 nitrogen and oxygen atoms in total. The van der Waals surface area contributed by atoms with Gasteiger partial charge in [-0.3, -0.25) is 9.36 Å². The van der Waals surface area contributed by atoms with Crippen molar-refractivity contribution in [2.45, 2.75) is 64.2 Å². The molecule has 2 aliphatic heterocycles. The molecule has 1 aromatic carbocycles. The minimum absolute atomic E-state index is 0.0745. The molecular formula is C25H28N2O5Si. The average molecular weight is 465 g/mol. The second kappa shape index (κ2) is 7.26. The smallest absolute Gasteiger partial charge is 0.343 e. The van der Waals surface area contributed by atoms with Crippen LogP contribution < -0.4 is 10.3 Å². The predicted molar refractivity (Wildman–Crippen MR) is 128 cm³/mol. The zero-order valence-corrected chi connectivity index (χ0v) is 20.4. The predicted octanol–water partition coefficient (Wildman–Crippen LogP) is 3.20. The third-order valence-electron chi connectivity index (χ3n) is 7.03. The van der Waals surface area contributed by atoms with Crippen LogP contribution in [0.4, 0.5) is 0 Å². The van der Waals surface area contributed by atoms with Crippen LogP contribution in [0.25, 0.3) is 22.3 Å². The zero-order chi connectivity index (χ0) is 23.7. The standard InChI is InChI=1S/C25H28N2O5Si/c1-5-25(30)19-12-21-22-17(13-26(21)23(28)18(19)14-32-24(25)29)15(10-11-33(2,3)4)16-8-6-7-9-20(16)27(22)31/h6-9,12,30H,5,10-11,13-14H2,1-4H3/t25-/m0/s1. The number of aryl methyl sites for hydroxylation is 1. The summed E-state index contributed by atoms with van der Waals surface area (Å²) < 4.78 is 7.64. The Bertz CT molecular complexity index is 1390. The number of pyridine rings is 2. The number of hydrogen-bond donors (Lipinski definition) is 1. The van der Waals surface area contributed by atoms with Crippen molar-refractivity contribution in [1.29, 1.82) is 0 Å². The highest BCUT2D eigenvalue weighted by atomic mass is 28.3. The molecule has 172 valence electrons. The van der Waals surface area contributed by atoms with Crippen molar-refractivity contribution < 1.29 is 19.4 Å². The van der Waals surface area contributed by atoms with Gasteiger partial charge in [-0.25, -0.2) is 4.79 Å². The number of fused-ring (bicyclic) bond motifs is 5. The first-order valence-corrected chi connectivity index (χ1v) is 15.1. The van der Waals surface area contributed by atoms with Gasteiger partial charge in [-0.1, -0.05) is 44.7 Å². The molecule has 1 N–H and O–H groups in total. The highest BCUT2D eigenvalue weighted by molar-refractivity contribution is 6.76. The molecule has 2 aliphatic rings. The van der Waals surface area contributed by atoms with Gasteiger partial charge in [-0.2, -0.15) is 4.73 Å². The molecule has 4 heterocycles. The summed E-state index contributed by atoms with van der Waals surface area (Å²) in [5, 5.41) is 25.6. The summed E-state index contributed by atoms with van der Waals surface area (Å²) in [5.74, 6) is -0.760. The van der Waals surface area contributed by atoms with Crippen LogP contribution in [-0.4, -0.2) is 23.7 Å². The first-order chi connectivity index (χ1) is 15.6. The largest absolute Gasteiger partial charge is 0.618 e. The fourth-order valence-electron chi connectivity index (χ4n) is 5.08. The van der Waals surface area contributed by atoms with E-state index in [2.05, 4.69) is 19.6 Å². The minimum Gasteiger partial charge on any atom is -0.618 e. The third-order valence-corrected chi connectivity index (χ3v) is 8.78. The molecule has 0 spiro atoms. The molecule has 0 amide bonds. The molecule has 0 bridgehead atoms. The maximum Gasteiger partial charge on any atom is 0.343 e. The van der Waals surface area contributed by atoms with E-state index in [4.69, 9.17) is 4.74 Å². The number of carbonyl (C=O) groups excluding carboxylic acids is 1. The number of cyclic esters (lactones) is 1. The summed E-state index contributed by atoms with van der Waals surface area (Å²) >= 11 is 0. The minimum atomic E-state index is -1.89. The molecule has 0 fully saturated rings. The Morgan fingerprint density at radius 3 is 2.64 bits per heavy atom. The maximum absolute atomic E-state index is 13.6. The number of para-hydroxylation sites is 1. The number of ether oxygens (including phenoxy) is 1. The van der Waals surface area contributed by atoms with Gasteiger partial charge in [0.2, 0.25) is 11.2 Å². The van der Waals surface area contributed by atoms with Crippen molar-refractivity contribution in [3.63, 3.8) is 0 Å². The lowest BCUT2D eigenvalue weighted by Crippen LogP contribution is -2.44. The monoisotopic (exact) mass is 464 g/mol. The van der Waals surface area contributed by atoms with Gasteiger partial charge >= 0.3 is 5.97 Å². The van der Waals surface area contributed by atoms with Crippen LogP contribution in [0.2, 0.25) is 25.7 Å². The van der Waals surface area contributed by atoms with Gasteiger partial charge in [0, 0.05) is 19.7 Å². The fraction of sp³-hybridized carbons (Fsp3) is 0.400. The Balaban J connectivity index is 1.81. The van der Waals surface area contributed by atoms with E-state index < -0.39 is 19.6 Å². The van der Waals surface area contributed by atoms with E-state index in [1.807, 2.05) is 18.2 Å². The number of aromatic nitrogens is 2. The molecule has 33 heavy (non-hydrogen) atoms. The van der Waals surface area contributed by atoms with Crippen LogP contribution >= 0.6 is 0 Å². The normalized spacial score (nSPS) is 19.2. The molecule has 2 aromatic heterocycles. The Labute approximate surface area is 192 Å². The average Bonchev–Trinajstić information content (AvgIpc) is 3.16. The molecule has 5 rings (SSSR count). The molecule has 8 heteroatoms. The summed E-state index contributed by atoms with van der Waals surface area (Å²) in [7, 11) is -1.36. The van der Waals surface area contributed by atoms with Crippen LogP contribution in [0.15, 0.2) is 35.1 Å². The van der Waals surface area contributed by atoms with Crippen LogP contribution in [0, 0.1) is 5.21 Å². The Hall–Kier alpha value is -2.97. The van der Waals surface area contributed by atoms with Crippen molar-refractivity contribution in [2.75, 3.05) is 0 Å². The Morgan fingerprint density at radius 2 is 1.94 bits per heavy atom. The van der Waals surface area contributed by atoms with Gasteiger partial charge in [-0.15, -0.1) is 0 Å². The van der Waals surface area contributed by atoms with Crippen molar-refractivity contribution in [3.05, 3.63) is 68.1 Å². The SMILES string of the molecule is CC[C@@]1(O)C(=O)OCc2c1cc1n(c2=O)Cc2c(CC[Si](C)(C)C)c3ccccc3[n+]([O-])c2-1. The van der Waals surface area contributed by atoms with Gasteiger partial charge in [0.1, 0.15) is 12.3 Å². The van der Waals surface area contributed by atoms with E-state index >= 15 is 0 Å². The molecule has 3 aromatic rings. The lowest BCUT2D eigenvalue weighted by atomic mass is 9.86. The molecule has 0 aliphatic carbocycles. The summed E-state index contributed by atoms with van der Waals surface area (Å²) in [6.45, 7) is 8.76. The van der Waals surface area contributed by atoms with Crippen LogP contribution in [0.5, 0.6) is 0 Å². The fourth-order valence-corrected chi connectivity index (χ4v) is 6.08. The van der Waals surface area contributed by atoms with E-state index in [-0.39, 0.29) is 29.7 Å². The van der Waals surface area contributed by atoms with Crippen LogP contribution in [0.3, 0.4) is 0 Å². The van der Waals surface area contributed by atoms with Gasteiger partial charge in [0.15, 0.2) is 5.60 Å². The zero-order valence-electron chi connectivity index (χ0n) is 19.4. The summed E-state index contributed by atoms with van der Waals surface area (Å²) in [6.07, 6.45) is 0.910. The highest BCUT2D eigenvalue weighted by Gasteiger charge is 2.46. The van der Waals surface area contributed by atoms with Crippen molar-refractivity contribution >= 4 is 24.9 Å². The second-order valence-electron chi connectivity index (χ2n) is 10.3. The van der Waals surface area contributed by atoms with E-state index in [1.165, 1.54) is 0 Å². The van der Waals surface area contributed by atoms with E-state index in [0.717, 1.165) is 33.7 Å². The number of carbonyl (C=O) groups is 1. The molecular weight excluding hydrogens is 436 g/mol. The van der Waals surface area contributed by atoms with Gasteiger partial charge < -0.3 is 15.1 Å². The number of hydrogen-bond acceptors (Lipinski definition) is 5. The summed E-state index contributed by atoms with van der Waals surface area (Å²) in [6, 6.07) is 10.3. The molecule has 0 radical (unpaired) electrons. The first kappa shape index (κ1) is 21.9. The lowest BCUT2D eigenvalue weighted by Gasteiger charge is -2.31. The molecule has 1 atom stereocenters. The lowest BCUT2D eigenvalue weighted by molar-refractivity contribution is -0.565. The number of benzene rings is 1. The Kier molecular flexibility index (Phi) is 4.81. The Morgan fingerprint density at radius 1 is 1.21 bits per heavy atom. The molecule has 0 saturated heterocycles. The number of aliphatic hydroxyl groups is 1. The van der Waals surface area contributed by atoms with E-state index in [9.17, 15) is 19.9 Å². The third kappa shape index (κ3) is 3.15. The number of rotatable bonds is 4. The number of nitrogens with zero attached hydrogens (tertiary/aromatic N) is 2. The summed E-state index contributed by atoms with van der Waals surface area (Å²) in [5.41, 5.74) is 1.73. The van der Waals surface area contributed by atoms with Gasteiger partial charge in [0.25, 0.3) is 5.56 Å². The quantitative estimate of drug-likeness (QED) is 0.217. The van der Waals surface area contributed by atoms with Crippen LogP contribution in [0.1, 0.15) is 35.6 Å². The summed E-state index contributed by atoms with van der Waals surface area (Å²) in [4.78, 5) is 25.9. The highest BCUT2D eigenvalue weighted by Crippen LogP contribution is 2.40. The van der Waals surface area contributed by atoms with E-state index in [1.54, 1.807) is 23.6 Å². The van der Waals surface area contributed by atoms with Crippen molar-refractivity contribution in [1.82, 2.24) is 4.57 Å². The second-order valence-corrected chi connectivity index (χ2v) is 15.9. The van der Waals surface area contributed by atoms with Crippen molar-refractivity contribution in [3.8, 4) is 11.4 Å². The van der Waals surface area contributed by atoms with Crippen LogP contribution in [-0.2, 0) is 34.7 Å². The van der Waals surface area contributed by atoms with Crippen molar-refractivity contribution in [2.24, 2.45) is 0 Å². The van der Waals surface area contributed by atoms with E-state index in [0.29, 0.717) is 23.4 Å². The number of esters is 1. The maximum atomic E-state index is 13.6. The van der Waals surface area contributed by atoms with Gasteiger partial charge in [0.05, 0.1) is 23.1 Å². The molecule has 0 saturated carbocycles. The molecule has 0 unspecified atom stereocenters.